The first-order valence-electron chi connectivity index (χ1n) is 11.5. The minimum absolute atomic E-state index is 0.210. The first-order valence-corrected chi connectivity index (χ1v) is 11.5. The van der Waals surface area contributed by atoms with E-state index in [1.807, 2.05) is 29.2 Å². The van der Waals surface area contributed by atoms with Crippen molar-refractivity contribution in [3.8, 4) is 5.75 Å². The Morgan fingerprint density at radius 3 is 2.34 bits per heavy atom. The van der Waals surface area contributed by atoms with Crippen LogP contribution in [0.2, 0.25) is 0 Å². The maximum atomic E-state index is 14.2. The third-order valence-corrected chi connectivity index (χ3v) is 6.09. The molecule has 1 saturated heterocycles. The van der Waals surface area contributed by atoms with Gasteiger partial charge in [-0.15, -0.1) is 0 Å². The van der Waals surface area contributed by atoms with Gasteiger partial charge >= 0.3 is 11.8 Å². The fraction of sp³-hybridized carbons (Fsp3) is 0.308. The van der Waals surface area contributed by atoms with Crippen molar-refractivity contribution in [2.24, 2.45) is 0 Å². The summed E-state index contributed by atoms with van der Waals surface area (Å²) in [6, 6.07) is 17.4. The Bertz CT molecular complexity index is 1110. The summed E-state index contributed by atoms with van der Waals surface area (Å²) < 4.78 is 24.9. The van der Waals surface area contributed by atoms with Crippen LogP contribution >= 0.6 is 0 Å². The van der Waals surface area contributed by atoms with E-state index in [0.29, 0.717) is 37.6 Å². The van der Waals surface area contributed by atoms with Crippen molar-refractivity contribution < 1.29 is 23.1 Å². The molecule has 0 spiro atoms. The van der Waals surface area contributed by atoms with Crippen molar-refractivity contribution in [1.82, 2.24) is 15.5 Å². The van der Waals surface area contributed by atoms with E-state index in [1.54, 1.807) is 43.7 Å². The molecular formula is C26H29FN4O4. The number of ether oxygens (including phenoxy) is 1. The van der Waals surface area contributed by atoms with Gasteiger partial charge in [-0.2, -0.15) is 0 Å². The van der Waals surface area contributed by atoms with Gasteiger partial charge in [0.25, 0.3) is 0 Å². The highest BCUT2D eigenvalue weighted by atomic mass is 19.1. The topological polar surface area (TPSA) is 87.0 Å². The lowest BCUT2D eigenvalue weighted by Gasteiger charge is -2.39. The molecule has 2 aromatic carbocycles. The van der Waals surface area contributed by atoms with Crippen LogP contribution < -0.4 is 20.3 Å². The highest BCUT2D eigenvalue weighted by Gasteiger charge is 2.28. The van der Waals surface area contributed by atoms with Gasteiger partial charge in [-0.3, -0.25) is 14.5 Å². The number of methoxy groups -OCH3 is 1. The van der Waals surface area contributed by atoms with E-state index in [4.69, 9.17) is 9.15 Å². The summed E-state index contributed by atoms with van der Waals surface area (Å²) in [5.41, 5.74) is 1.44. The Balaban J connectivity index is 1.31. The molecule has 2 amide bonds. The zero-order valence-corrected chi connectivity index (χ0v) is 19.6. The molecule has 0 bridgehead atoms. The van der Waals surface area contributed by atoms with Gasteiger partial charge < -0.3 is 24.7 Å². The Morgan fingerprint density at radius 2 is 1.69 bits per heavy atom. The minimum Gasteiger partial charge on any atom is -0.497 e. The molecule has 0 radical (unpaired) electrons. The molecule has 3 aromatic rings. The number of carbonyl (C=O) groups is 2. The highest BCUT2D eigenvalue weighted by molar-refractivity contribution is 6.35. The zero-order valence-electron chi connectivity index (χ0n) is 19.6. The predicted octanol–water partition coefficient (Wildman–Crippen LogP) is 2.72. The van der Waals surface area contributed by atoms with Crippen LogP contribution in [0.4, 0.5) is 10.1 Å². The smallest absolute Gasteiger partial charge is 0.309 e. The Hall–Kier alpha value is -3.85. The quantitative estimate of drug-likeness (QED) is 0.482. The number of para-hydroxylation sites is 1. The van der Waals surface area contributed by atoms with Crippen molar-refractivity contribution in [2.75, 3.05) is 44.7 Å². The predicted molar refractivity (Wildman–Crippen MR) is 129 cm³/mol. The van der Waals surface area contributed by atoms with Crippen LogP contribution in [0.15, 0.2) is 71.3 Å². The number of hydrogen-bond donors (Lipinski definition) is 2. The number of hydrogen-bond acceptors (Lipinski definition) is 6. The van der Waals surface area contributed by atoms with Gasteiger partial charge in [0.05, 0.1) is 25.1 Å². The van der Waals surface area contributed by atoms with Gasteiger partial charge in [-0.25, -0.2) is 4.39 Å². The summed E-state index contributed by atoms with van der Waals surface area (Å²) in [6.07, 6.45) is 1.58. The van der Waals surface area contributed by atoms with Gasteiger partial charge in [0, 0.05) is 39.3 Å². The van der Waals surface area contributed by atoms with Crippen LogP contribution in [-0.2, 0) is 16.1 Å². The van der Waals surface area contributed by atoms with Crippen LogP contribution in [-0.4, -0.2) is 56.5 Å². The minimum atomic E-state index is -0.708. The summed E-state index contributed by atoms with van der Waals surface area (Å²) in [7, 11) is 1.58. The molecule has 1 aliphatic rings. The molecule has 35 heavy (non-hydrogen) atoms. The first kappa shape index (κ1) is 24.3. The van der Waals surface area contributed by atoms with Gasteiger partial charge in [0.15, 0.2) is 0 Å². The monoisotopic (exact) mass is 480 g/mol. The third kappa shape index (κ3) is 6.19. The zero-order chi connectivity index (χ0) is 24.6. The van der Waals surface area contributed by atoms with E-state index in [2.05, 4.69) is 15.5 Å². The van der Waals surface area contributed by atoms with Gasteiger partial charge in [-0.05, 0) is 42.0 Å². The number of furan rings is 1. The Morgan fingerprint density at radius 1 is 0.971 bits per heavy atom. The molecule has 2 N–H and O–H groups in total. The van der Waals surface area contributed by atoms with Crippen molar-refractivity contribution in [3.63, 3.8) is 0 Å². The number of amides is 2. The molecule has 0 aliphatic carbocycles. The number of anilines is 1. The number of halogens is 1. The first-order chi connectivity index (χ1) is 17.0. The van der Waals surface area contributed by atoms with E-state index in [9.17, 15) is 14.0 Å². The fourth-order valence-electron chi connectivity index (χ4n) is 4.15. The van der Waals surface area contributed by atoms with E-state index in [-0.39, 0.29) is 24.9 Å². The molecule has 9 heteroatoms. The van der Waals surface area contributed by atoms with Crippen LogP contribution in [0.1, 0.15) is 17.4 Å². The molecule has 4 rings (SSSR count). The number of rotatable bonds is 8. The Labute approximate surface area is 203 Å². The molecule has 1 aliphatic heterocycles. The number of carbonyl (C=O) groups excluding carboxylic acids is 2. The van der Waals surface area contributed by atoms with Crippen molar-refractivity contribution in [3.05, 3.63) is 84.1 Å². The summed E-state index contributed by atoms with van der Waals surface area (Å²) in [5.74, 6) is -0.236. The maximum Gasteiger partial charge on any atom is 0.309 e. The van der Waals surface area contributed by atoms with E-state index in [0.717, 1.165) is 11.3 Å². The normalized spacial score (nSPS) is 14.9. The molecule has 0 unspecified atom stereocenters. The second kappa shape index (κ2) is 11.5. The SMILES string of the molecule is COc1ccc(CNC(=O)C(=O)NC[C@@H](c2ccco2)N2CCN(c3ccccc3F)CC2)cc1. The van der Waals surface area contributed by atoms with Crippen LogP contribution in [0, 0.1) is 5.82 Å². The lowest BCUT2D eigenvalue weighted by atomic mass is 10.1. The summed E-state index contributed by atoms with van der Waals surface area (Å²) in [4.78, 5) is 29.0. The fourth-order valence-corrected chi connectivity index (χ4v) is 4.15. The molecular weight excluding hydrogens is 451 g/mol. The van der Waals surface area contributed by atoms with Crippen LogP contribution in [0.3, 0.4) is 0 Å². The summed E-state index contributed by atoms with van der Waals surface area (Å²) in [6.45, 7) is 3.01. The summed E-state index contributed by atoms with van der Waals surface area (Å²) in [5, 5.41) is 5.36. The molecule has 8 nitrogen and oxygen atoms in total. The summed E-state index contributed by atoms with van der Waals surface area (Å²) >= 11 is 0. The molecule has 1 aromatic heterocycles. The molecule has 1 fully saturated rings. The third-order valence-electron chi connectivity index (χ3n) is 6.09. The van der Waals surface area contributed by atoms with Crippen molar-refractivity contribution >= 4 is 17.5 Å². The lowest BCUT2D eigenvalue weighted by Crippen LogP contribution is -2.51. The van der Waals surface area contributed by atoms with Crippen LogP contribution in [0.25, 0.3) is 0 Å². The second-order valence-electron chi connectivity index (χ2n) is 8.25. The lowest BCUT2D eigenvalue weighted by molar-refractivity contribution is -0.139. The average Bonchev–Trinajstić information content (AvgIpc) is 3.43. The van der Waals surface area contributed by atoms with E-state index < -0.39 is 11.8 Å². The molecule has 1 atom stereocenters. The number of piperazine rings is 1. The maximum absolute atomic E-state index is 14.2. The standard InChI is InChI=1S/C26H29FN4O4/c1-34-20-10-8-19(9-11-20)17-28-25(32)26(33)29-18-23(24-7-4-16-35-24)31-14-12-30(13-15-31)22-6-3-2-5-21(22)27/h2-11,16,23H,12-15,17-18H2,1H3,(H,28,32)(H,29,33)/t23-/m0/s1. The van der Waals surface area contributed by atoms with Gasteiger partial charge in [0.2, 0.25) is 0 Å². The number of nitrogens with one attached hydrogen (secondary N) is 2. The van der Waals surface area contributed by atoms with Crippen molar-refractivity contribution in [1.29, 1.82) is 0 Å². The van der Waals surface area contributed by atoms with E-state index >= 15 is 0 Å². The van der Waals surface area contributed by atoms with E-state index in [1.165, 1.54) is 6.07 Å². The Kier molecular flexibility index (Phi) is 7.99. The van der Waals surface area contributed by atoms with Gasteiger partial charge in [-0.1, -0.05) is 24.3 Å². The largest absolute Gasteiger partial charge is 0.497 e. The average molecular weight is 481 g/mol. The highest BCUT2D eigenvalue weighted by Crippen LogP contribution is 2.25. The second-order valence-corrected chi connectivity index (χ2v) is 8.25. The number of benzene rings is 2. The molecule has 0 saturated carbocycles. The number of nitrogens with zero attached hydrogens (tertiary/aromatic N) is 2. The molecule has 2 heterocycles. The molecule has 184 valence electrons. The van der Waals surface area contributed by atoms with Crippen LogP contribution in [0.5, 0.6) is 5.75 Å². The van der Waals surface area contributed by atoms with Gasteiger partial charge in [0.1, 0.15) is 17.3 Å². The van der Waals surface area contributed by atoms with Crippen molar-refractivity contribution in [2.45, 2.75) is 12.6 Å².